The molecule has 1 aromatic rings. The molecule has 38 heavy (non-hydrogen) atoms. The summed E-state index contributed by atoms with van der Waals surface area (Å²) < 4.78 is 16.3. The quantitative estimate of drug-likeness (QED) is 0.143. The van der Waals surface area contributed by atoms with Gasteiger partial charge in [-0.2, -0.15) is 0 Å². The first kappa shape index (κ1) is 29.6. The van der Waals surface area contributed by atoms with E-state index in [2.05, 4.69) is 0 Å². The number of carbonyl (C=O) groups is 2. The van der Waals surface area contributed by atoms with Gasteiger partial charge in [0.1, 0.15) is 36.6 Å². The number of benzene rings is 1. The Balaban J connectivity index is 1.67. The van der Waals surface area contributed by atoms with Crippen molar-refractivity contribution in [2.45, 2.75) is 76.5 Å². The number of aliphatic hydroxyl groups excluding tert-OH is 3. The molecule has 1 heterocycles. The molecule has 7 N–H and O–H groups in total. The van der Waals surface area contributed by atoms with Crippen molar-refractivity contribution >= 4 is 11.8 Å². The molecule has 0 aromatic heterocycles. The van der Waals surface area contributed by atoms with Gasteiger partial charge >= 0.3 is 5.97 Å². The largest absolute Gasteiger partial charge is 0.504 e. The second-order valence-electron chi connectivity index (χ2n) is 10.3. The predicted molar refractivity (Wildman–Crippen MR) is 130 cm³/mol. The van der Waals surface area contributed by atoms with Gasteiger partial charge in [-0.15, -0.1) is 0 Å². The summed E-state index contributed by atoms with van der Waals surface area (Å²) in [5.41, 5.74) is -2.06. The second-order valence-corrected chi connectivity index (χ2v) is 10.3. The van der Waals surface area contributed by atoms with Crippen LogP contribution in [0.15, 0.2) is 35.9 Å². The van der Waals surface area contributed by atoms with Crippen LogP contribution >= 0.6 is 0 Å². The van der Waals surface area contributed by atoms with Crippen molar-refractivity contribution in [3.63, 3.8) is 0 Å². The Morgan fingerprint density at radius 2 is 1.74 bits per heavy atom. The van der Waals surface area contributed by atoms with Crippen LogP contribution in [0.4, 0.5) is 0 Å². The lowest BCUT2D eigenvalue weighted by Crippen LogP contribution is -2.59. The first-order chi connectivity index (χ1) is 17.6. The van der Waals surface area contributed by atoms with Gasteiger partial charge < -0.3 is 50.0 Å². The standard InChI is InChI=1S/C26H34O12/c1-12-7-15(27)10-25(3,4)26(12,35)6-5-13(2)37-24-22(33)21(32)20(31)18(38-24)11-36-23(34)14-8-16(28)19(30)17(29)9-14/h5-9,13,18,20-22,24,28-33,35H,10-11H2,1-4H3/t13-,18+,20+,21-,22+,24+,26+/m0/s1. The molecule has 0 unspecified atom stereocenters. The van der Waals surface area contributed by atoms with Crippen LogP contribution in [-0.2, 0) is 19.0 Å². The molecule has 1 aliphatic carbocycles. The van der Waals surface area contributed by atoms with E-state index in [4.69, 9.17) is 14.2 Å². The summed E-state index contributed by atoms with van der Waals surface area (Å²) >= 11 is 0. The first-order valence-electron chi connectivity index (χ1n) is 12.0. The number of carbonyl (C=O) groups excluding carboxylic acids is 2. The van der Waals surface area contributed by atoms with Gasteiger partial charge in [0.15, 0.2) is 29.3 Å². The van der Waals surface area contributed by atoms with Crippen molar-refractivity contribution in [1.29, 1.82) is 0 Å². The van der Waals surface area contributed by atoms with Crippen LogP contribution in [0.5, 0.6) is 17.2 Å². The van der Waals surface area contributed by atoms with Gasteiger partial charge in [0.05, 0.1) is 11.7 Å². The highest BCUT2D eigenvalue weighted by atomic mass is 16.7. The zero-order chi connectivity index (χ0) is 28.6. The van der Waals surface area contributed by atoms with E-state index in [0.29, 0.717) is 5.57 Å². The van der Waals surface area contributed by atoms with Crippen LogP contribution in [0, 0.1) is 5.41 Å². The van der Waals surface area contributed by atoms with Crippen LogP contribution in [-0.4, -0.2) is 96.5 Å². The Kier molecular flexibility index (Phi) is 8.56. The van der Waals surface area contributed by atoms with Crippen molar-refractivity contribution < 1.29 is 59.5 Å². The zero-order valence-corrected chi connectivity index (χ0v) is 21.4. The monoisotopic (exact) mass is 538 g/mol. The number of aliphatic hydroxyl groups is 4. The first-order valence-corrected chi connectivity index (χ1v) is 12.0. The van der Waals surface area contributed by atoms with E-state index in [1.807, 2.05) is 0 Å². The van der Waals surface area contributed by atoms with E-state index < -0.39 is 77.7 Å². The molecule has 1 saturated heterocycles. The highest BCUT2D eigenvalue weighted by Gasteiger charge is 2.47. The summed E-state index contributed by atoms with van der Waals surface area (Å²) in [5, 5.41) is 70.8. The van der Waals surface area contributed by atoms with Gasteiger partial charge in [-0.1, -0.05) is 19.9 Å². The number of allylic oxidation sites excluding steroid dienone is 1. The third-order valence-electron chi connectivity index (χ3n) is 6.94. The molecule has 0 bridgehead atoms. The molecule has 1 aromatic carbocycles. The van der Waals surface area contributed by atoms with E-state index in [9.17, 15) is 45.3 Å². The molecule has 0 spiro atoms. The highest BCUT2D eigenvalue weighted by Crippen LogP contribution is 2.44. The Bertz CT molecular complexity index is 1100. The molecule has 0 amide bonds. The molecular weight excluding hydrogens is 504 g/mol. The van der Waals surface area contributed by atoms with E-state index >= 15 is 0 Å². The average Bonchev–Trinajstić information content (AvgIpc) is 2.83. The molecule has 7 atom stereocenters. The van der Waals surface area contributed by atoms with Gasteiger partial charge in [-0.05, 0) is 43.7 Å². The number of hydrogen-bond acceptors (Lipinski definition) is 12. The lowest BCUT2D eigenvalue weighted by molar-refractivity contribution is -0.306. The van der Waals surface area contributed by atoms with E-state index in [1.165, 1.54) is 18.2 Å². The Morgan fingerprint density at radius 3 is 2.32 bits per heavy atom. The van der Waals surface area contributed by atoms with E-state index in [1.54, 1.807) is 27.7 Å². The van der Waals surface area contributed by atoms with Gasteiger partial charge in [-0.3, -0.25) is 4.79 Å². The summed E-state index contributed by atoms with van der Waals surface area (Å²) in [6.45, 7) is 6.16. The molecule has 210 valence electrons. The molecule has 1 fully saturated rings. The van der Waals surface area contributed by atoms with Crippen molar-refractivity contribution in [1.82, 2.24) is 0 Å². The zero-order valence-electron chi connectivity index (χ0n) is 21.4. The SMILES string of the molecule is CC1=CC(=O)CC(C)(C)[C@@]1(O)C=C[C@H](C)O[C@@H]1O[C@H](COC(=O)c2cc(O)c(O)c(O)c2)[C@@H](O)[C@H](O)[C@H]1O. The second kappa shape index (κ2) is 11.0. The maximum absolute atomic E-state index is 12.3. The van der Waals surface area contributed by atoms with Crippen molar-refractivity contribution in [3.8, 4) is 17.2 Å². The van der Waals surface area contributed by atoms with Crippen LogP contribution in [0.25, 0.3) is 0 Å². The van der Waals surface area contributed by atoms with Gasteiger partial charge in [0, 0.05) is 11.8 Å². The van der Waals surface area contributed by atoms with Gasteiger partial charge in [0.25, 0.3) is 0 Å². The fourth-order valence-electron chi connectivity index (χ4n) is 4.53. The minimum absolute atomic E-state index is 0.0908. The molecule has 2 aliphatic rings. The number of esters is 1. The predicted octanol–water partition coefficient (Wildman–Crippen LogP) is 0.405. The number of phenolic OH excluding ortho intramolecular Hbond substituents is 3. The fraction of sp³-hybridized carbons (Fsp3) is 0.538. The fourth-order valence-corrected chi connectivity index (χ4v) is 4.53. The highest BCUT2D eigenvalue weighted by molar-refractivity contribution is 5.93. The van der Waals surface area contributed by atoms with E-state index in [0.717, 1.165) is 12.1 Å². The molecule has 3 rings (SSSR count). The van der Waals surface area contributed by atoms with Crippen molar-refractivity contribution in [2.75, 3.05) is 6.61 Å². The van der Waals surface area contributed by atoms with Crippen LogP contribution in [0.2, 0.25) is 0 Å². The van der Waals surface area contributed by atoms with Crippen molar-refractivity contribution in [3.05, 3.63) is 41.5 Å². The van der Waals surface area contributed by atoms with Gasteiger partial charge in [0.2, 0.25) is 0 Å². The maximum atomic E-state index is 12.3. The summed E-state index contributed by atoms with van der Waals surface area (Å²) in [5.74, 6) is -3.44. The lowest BCUT2D eigenvalue weighted by Gasteiger charge is -2.44. The summed E-state index contributed by atoms with van der Waals surface area (Å²) in [6, 6.07) is 1.73. The average molecular weight is 539 g/mol. The Morgan fingerprint density at radius 1 is 1.13 bits per heavy atom. The molecule has 12 nitrogen and oxygen atoms in total. The number of hydrogen-bond donors (Lipinski definition) is 7. The van der Waals surface area contributed by atoms with E-state index in [-0.39, 0.29) is 17.8 Å². The van der Waals surface area contributed by atoms with Crippen LogP contribution < -0.4 is 0 Å². The summed E-state index contributed by atoms with van der Waals surface area (Å²) in [7, 11) is 0. The third-order valence-corrected chi connectivity index (χ3v) is 6.94. The molecule has 0 radical (unpaired) electrons. The topological polar surface area (TPSA) is 203 Å². The Hall–Kier alpha value is -3.00. The molecular formula is C26H34O12. The maximum Gasteiger partial charge on any atom is 0.338 e. The smallest absolute Gasteiger partial charge is 0.338 e. The normalized spacial score (nSPS) is 32.2. The van der Waals surface area contributed by atoms with Crippen LogP contribution in [0.1, 0.15) is 44.5 Å². The number of rotatable bonds is 7. The summed E-state index contributed by atoms with van der Waals surface area (Å²) in [6.07, 6.45) is -4.04. The van der Waals surface area contributed by atoms with Crippen LogP contribution in [0.3, 0.4) is 0 Å². The minimum atomic E-state index is -1.71. The number of ketones is 1. The minimum Gasteiger partial charge on any atom is -0.504 e. The number of phenols is 3. The number of aromatic hydroxyl groups is 3. The summed E-state index contributed by atoms with van der Waals surface area (Å²) in [4.78, 5) is 24.2. The number of ether oxygens (including phenoxy) is 3. The molecule has 12 heteroatoms. The van der Waals surface area contributed by atoms with Crippen molar-refractivity contribution in [2.24, 2.45) is 5.41 Å². The Labute approximate surface area is 219 Å². The third kappa shape index (κ3) is 5.85. The van der Waals surface area contributed by atoms with Gasteiger partial charge in [-0.25, -0.2) is 4.79 Å². The molecule has 0 saturated carbocycles. The molecule has 1 aliphatic heterocycles. The lowest BCUT2D eigenvalue weighted by atomic mass is 9.64.